The molecule has 3 heterocycles. The van der Waals surface area contributed by atoms with Crippen molar-refractivity contribution in [3.8, 4) is 0 Å². The summed E-state index contributed by atoms with van der Waals surface area (Å²) in [5.41, 5.74) is 6.66. The number of nitrogens with zero attached hydrogens (tertiary/aromatic N) is 4. The average Bonchev–Trinajstić information content (AvgIpc) is 2.68. The van der Waals surface area contributed by atoms with Crippen LogP contribution in [0.1, 0.15) is 38.7 Å². The number of carbonyl (C=O) groups is 1. The number of amides is 1. The van der Waals surface area contributed by atoms with E-state index >= 15 is 0 Å². The zero-order chi connectivity index (χ0) is 20.1. The van der Waals surface area contributed by atoms with Crippen LogP contribution in [0.15, 0.2) is 23.3 Å². The number of aromatic nitrogens is 1. The Morgan fingerprint density at radius 3 is 2.75 bits per heavy atom. The van der Waals surface area contributed by atoms with E-state index in [1.807, 2.05) is 19.3 Å². The quantitative estimate of drug-likeness (QED) is 0.609. The Morgan fingerprint density at radius 1 is 1.32 bits per heavy atom. The number of guanidine groups is 1. The van der Waals surface area contributed by atoms with Gasteiger partial charge in [0, 0.05) is 51.5 Å². The van der Waals surface area contributed by atoms with Crippen molar-refractivity contribution in [2.45, 2.75) is 39.7 Å². The van der Waals surface area contributed by atoms with Gasteiger partial charge in [-0.15, -0.1) is 0 Å². The molecule has 0 radical (unpaired) electrons. The van der Waals surface area contributed by atoms with E-state index in [0.717, 1.165) is 49.8 Å². The lowest BCUT2D eigenvalue weighted by molar-refractivity contribution is -0.122. The summed E-state index contributed by atoms with van der Waals surface area (Å²) in [4.78, 5) is 25.3. The molecule has 7 heteroatoms. The first-order valence-electron chi connectivity index (χ1n) is 10.4. The minimum Gasteiger partial charge on any atom is -0.369 e. The van der Waals surface area contributed by atoms with Gasteiger partial charge < -0.3 is 20.9 Å². The third-order valence-electron chi connectivity index (χ3n) is 5.81. The highest BCUT2D eigenvalue weighted by molar-refractivity contribution is 5.80. The van der Waals surface area contributed by atoms with Crippen LogP contribution in [-0.4, -0.2) is 55.0 Å². The van der Waals surface area contributed by atoms with Gasteiger partial charge in [0.15, 0.2) is 5.96 Å². The number of nitrogens with one attached hydrogen (secondary N) is 1. The summed E-state index contributed by atoms with van der Waals surface area (Å²) in [6.07, 6.45) is 4.91. The van der Waals surface area contributed by atoms with Crippen molar-refractivity contribution in [2.75, 3.05) is 38.1 Å². The maximum atomic E-state index is 11.6. The van der Waals surface area contributed by atoms with Gasteiger partial charge >= 0.3 is 0 Å². The number of carbonyl (C=O) groups excluding carboxylic acids is 1. The molecule has 2 saturated heterocycles. The van der Waals surface area contributed by atoms with Crippen molar-refractivity contribution in [2.24, 2.45) is 28.5 Å². The second-order valence-electron chi connectivity index (χ2n) is 8.43. The van der Waals surface area contributed by atoms with Gasteiger partial charge in [0.2, 0.25) is 5.91 Å². The number of nitrogens with two attached hydrogens (primary N) is 1. The largest absolute Gasteiger partial charge is 0.369 e. The minimum absolute atomic E-state index is 0.0966. The molecule has 1 aromatic rings. The first-order chi connectivity index (χ1) is 13.5. The minimum atomic E-state index is -0.214. The zero-order valence-electron chi connectivity index (χ0n) is 17.4. The highest BCUT2D eigenvalue weighted by Gasteiger charge is 2.27. The molecule has 2 fully saturated rings. The molecule has 3 N–H and O–H groups in total. The number of pyridine rings is 1. The predicted molar refractivity (Wildman–Crippen MR) is 113 cm³/mol. The van der Waals surface area contributed by atoms with Gasteiger partial charge in [-0.2, -0.15) is 0 Å². The molecule has 0 saturated carbocycles. The summed E-state index contributed by atoms with van der Waals surface area (Å²) in [5, 5.41) is 3.53. The van der Waals surface area contributed by atoms with E-state index in [0.29, 0.717) is 24.9 Å². The second-order valence-corrected chi connectivity index (χ2v) is 8.43. The van der Waals surface area contributed by atoms with Crippen LogP contribution in [0, 0.1) is 17.8 Å². The Hall–Kier alpha value is -2.31. The molecule has 2 aliphatic heterocycles. The summed E-state index contributed by atoms with van der Waals surface area (Å²) < 4.78 is 0. The van der Waals surface area contributed by atoms with Crippen molar-refractivity contribution < 1.29 is 4.79 Å². The number of aliphatic imine (C=N–C) groups is 1. The number of rotatable bonds is 4. The molecule has 0 bridgehead atoms. The van der Waals surface area contributed by atoms with Gasteiger partial charge in [-0.25, -0.2) is 4.98 Å². The molecule has 1 amide bonds. The lowest BCUT2D eigenvalue weighted by atomic mass is 9.92. The van der Waals surface area contributed by atoms with Crippen LogP contribution in [0.25, 0.3) is 0 Å². The molecule has 0 aliphatic carbocycles. The van der Waals surface area contributed by atoms with Crippen molar-refractivity contribution >= 4 is 17.7 Å². The van der Waals surface area contributed by atoms with E-state index in [-0.39, 0.29) is 11.8 Å². The molecule has 7 nitrogen and oxygen atoms in total. The van der Waals surface area contributed by atoms with E-state index in [4.69, 9.17) is 5.73 Å². The van der Waals surface area contributed by atoms with Gasteiger partial charge in [-0.3, -0.25) is 9.79 Å². The van der Waals surface area contributed by atoms with E-state index < -0.39 is 0 Å². The fourth-order valence-electron chi connectivity index (χ4n) is 4.60. The monoisotopic (exact) mass is 386 g/mol. The maximum absolute atomic E-state index is 11.6. The van der Waals surface area contributed by atoms with E-state index in [1.54, 1.807) is 0 Å². The first kappa shape index (κ1) is 20.4. The SMILES string of the molecule is CN=C(NCc1cccnc1N1CCCC(C(N)=O)C1)N1CC(C)CC(C)C1. The van der Waals surface area contributed by atoms with Gasteiger partial charge in [0.25, 0.3) is 0 Å². The maximum Gasteiger partial charge on any atom is 0.222 e. The van der Waals surface area contributed by atoms with Crippen molar-refractivity contribution in [1.29, 1.82) is 0 Å². The lowest BCUT2D eigenvalue weighted by Crippen LogP contribution is -2.48. The summed E-state index contributed by atoms with van der Waals surface area (Å²) in [5.74, 6) is 2.93. The van der Waals surface area contributed by atoms with Gasteiger partial charge in [0.05, 0.1) is 5.92 Å². The molecule has 3 unspecified atom stereocenters. The molecule has 3 rings (SSSR count). The van der Waals surface area contributed by atoms with Crippen LogP contribution >= 0.6 is 0 Å². The predicted octanol–water partition coefficient (Wildman–Crippen LogP) is 1.84. The van der Waals surface area contributed by atoms with Gasteiger partial charge in [0.1, 0.15) is 5.82 Å². The van der Waals surface area contributed by atoms with Crippen molar-refractivity contribution in [3.05, 3.63) is 23.9 Å². The molecule has 1 aromatic heterocycles. The normalized spacial score (nSPS) is 26.2. The topological polar surface area (TPSA) is 86.9 Å². The second kappa shape index (κ2) is 9.26. The third kappa shape index (κ3) is 4.94. The van der Waals surface area contributed by atoms with Gasteiger partial charge in [-0.1, -0.05) is 19.9 Å². The smallest absolute Gasteiger partial charge is 0.222 e. The molecule has 154 valence electrons. The summed E-state index contributed by atoms with van der Waals surface area (Å²) in [7, 11) is 1.85. The number of piperidine rings is 2. The Morgan fingerprint density at radius 2 is 2.07 bits per heavy atom. The van der Waals surface area contributed by atoms with Gasteiger partial charge in [-0.05, 0) is 37.2 Å². The van der Waals surface area contributed by atoms with Crippen LogP contribution in [0.4, 0.5) is 5.82 Å². The van der Waals surface area contributed by atoms with E-state index in [2.05, 4.69) is 45.0 Å². The number of likely N-dealkylation sites (tertiary alicyclic amines) is 1. The van der Waals surface area contributed by atoms with Crippen LogP contribution in [0.2, 0.25) is 0 Å². The molecule has 0 aromatic carbocycles. The van der Waals surface area contributed by atoms with Crippen LogP contribution < -0.4 is 16.0 Å². The molecule has 3 atom stereocenters. The van der Waals surface area contributed by atoms with Crippen LogP contribution in [-0.2, 0) is 11.3 Å². The lowest BCUT2D eigenvalue weighted by Gasteiger charge is -2.37. The molecular formula is C21H34N6O. The number of anilines is 1. The summed E-state index contributed by atoms with van der Waals surface area (Å²) in [6, 6.07) is 4.06. The number of hydrogen-bond donors (Lipinski definition) is 2. The Balaban J connectivity index is 1.68. The van der Waals surface area contributed by atoms with Crippen LogP contribution in [0.3, 0.4) is 0 Å². The van der Waals surface area contributed by atoms with Crippen molar-refractivity contribution in [1.82, 2.24) is 15.2 Å². The standard InChI is InChI=1S/C21H34N6O/c1-15-10-16(2)13-27(12-15)21(23-3)25-11-17-6-4-8-24-20(17)26-9-5-7-18(14-26)19(22)28/h4,6,8,15-16,18H,5,7,9-14H2,1-3H3,(H2,22,28)(H,23,25). The Bertz CT molecular complexity index is 696. The van der Waals surface area contributed by atoms with E-state index in [9.17, 15) is 4.79 Å². The van der Waals surface area contributed by atoms with Crippen molar-refractivity contribution in [3.63, 3.8) is 0 Å². The summed E-state index contributed by atoms with van der Waals surface area (Å²) >= 11 is 0. The fourth-order valence-corrected chi connectivity index (χ4v) is 4.60. The van der Waals surface area contributed by atoms with Crippen LogP contribution in [0.5, 0.6) is 0 Å². The molecular weight excluding hydrogens is 352 g/mol. The highest BCUT2D eigenvalue weighted by atomic mass is 16.1. The molecule has 0 spiro atoms. The fraction of sp³-hybridized carbons (Fsp3) is 0.667. The summed E-state index contributed by atoms with van der Waals surface area (Å²) in [6.45, 7) is 8.90. The third-order valence-corrected chi connectivity index (χ3v) is 5.81. The highest BCUT2D eigenvalue weighted by Crippen LogP contribution is 2.25. The Labute approximate surface area is 168 Å². The number of primary amides is 1. The molecule has 28 heavy (non-hydrogen) atoms. The number of hydrogen-bond acceptors (Lipinski definition) is 4. The average molecular weight is 387 g/mol. The zero-order valence-corrected chi connectivity index (χ0v) is 17.4. The molecule has 2 aliphatic rings. The Kier molecular flexibility index (Phi) is 6.75. The first-order valence-corrected chi connectivity index (χ1v) is 10.4. The van der Waals surface area contributed by atoms with E-state index in [1.165, 1.54) is 6.42 Å².